The van der Waals surface area contributed by atoms with Gasteiger partial charge in [0.25, 0.3) is 0 Å². The van der Waals surface area contributed by atoms with Crippen LogP contribution in [-0.2, 0) is 6.61 Å². The molecule has 0 aromatic heterocycles. The van der Waals surface area contributed by atoms with Crippen molar-refractivity contribution in [1.29, 1.82) is 0 Å². The van der Waals surface area contributed by atoms with Crippen LogP contribution in [0.1, 0.15) is 43.2 Å². The molecule has 3 rings (SSSR count). The molecule has 1 aromatic carbocycles. The zero-order valence-electron chi connectivity index (χ0n) is 11.5. The minimum atomic E-state index is 0.132. The van der Waals surface area contributed by atoms with Gasteiger partial charge in [0.2, 0.25) is 0 Å². The Morgan fingerprint density at radius 3 is 2.32 bits per heavy atom. The monoisotopic (exact) mass is 257 g/mol. The first kappa shape index (κ1) is 12.9. The highest BCUT2D eigenvalue weighted by molar-refractivity contribution is 5.53. The van der Waals surface area contributed by atoms with Gasteiger partial charge >= 0.3 is 0 Å². The molecule has 1 saturated carbocycles. The molecule has 2 aliphatic rings. The lowest BCUT2D eigenvalue weighted by Gasteiger charge is -2.40. The lowest BCUT2D eigenvalue weighted by atomic mass is 9.89. The average Bonchev–Trinajstić information content (AvgIpc) is 2.40. The van der Waals surface area contributed by atoms with E-state index < -0.39 is 0 Å². The molecule has 2 nitrogen and oxygen atoms in total. The summed E-state index contributed by atoms with van der Waals surface area (Å²) in [5.74, 6) is 0. The van der Waals surface area contributed by atoms with Crippen LogP contribution in [0.2, 0.25) is 0 Å². The molecule has 1 aromatic rings. The van der Waals surface area contributed by atoms with E-state index in [1.54, 1.807) is 5.57 Å². The molecule has 0 spiro atoms. The Kier molecular flexibility index (Phi) is 4.00. The number of aliphatic hydroxyl groups excluding tert-OH is 1. The Morgan fingerprint density at radius 1 is 1.11 bits per heavy atom. The summed E-state index contributed by atoms with van der Waals surface area (Å²) in [7, 11) is 0. The van der Waals surface area contributed by atoms with Gasteiger partial charge in [-0.15, -0.1) is 0 Å². The quantitative estimate of drug-likeness (QED) is 0.898. The molecular weight excluding hydrogens is 234 g/mol. The van der Waals surface area contributed by atoms with Gasteiger partial charge in [-0.05, 0) is 36.8 Å². The van der Waals surface area contributed by atoms with Crippen LogP contribution in [0, 0.1) is 0 Å². The minimum Gasteiger partial charge on any atom is -0.392 e. The predicted octanol–water partition coefficient (Wildman–Crippen LogP) is 3.21. The zero-order chi connectivity index (χ0) is 13.1. The highest BCUT2D eigenvalue weighted by Gasteiger charge is 2.26. The maximum atomic E-state index is 9.04. The van der Waals surface area contributed by atoms with Crippen molar-refractivity contribution in [2.45, 2.75) is 44.8 Å². The third-order valence-electron chi connectivity index (χ3n) is 4.56. The minimum absolute atomic E-state index is 0.132. The molecule has 19 heavy (non-hydrogen) atoms. The first-order valence-corrected chi connectivity index (χ1v) is 7.48. The molecule has 0 radical (unpaired) electrons. The highest BCUT2D eigenvalue weighted by atomic mass is 16.3. The number of likely N-dealkylation sites (tertiary alicyclic amines) is 1. The number of hydrogen-bond donors (Lipinski definition) is 1. The van der Waals surface area contributed by atoms with Crippen molar-refractivity contribution in [3.8, 4) is 0 Å². The molecule has 0 bridgehead atoms. The van der Waals surface area contributed by atoms with E-state index in [2.05, 4.69) is 23.1 Å². The van der Waals surface area contributed by atoms with Crippen LogP contribution in [0.5, 0.6) is 0 Å². The number of rotatable bonds is 3. The molecular formula is C17H23NO. The third kappa shape index (κ3) is 3.07. The van der Waals surface area contributed by atoms with Crippen molar-refractivity contribution >= 4 is 6.08 Å². The molecule has 1 heterocycles. The number of aliphatic hydroxyl groups is 1. The van der Waals surface area contributed by atoms with Crippen molar-refractivity contribution in [3.63, 3.8) is 0 Å². The van der Waals surface area contributed by atoms with Crippen molar-refractivity contribution in [2.24, 2.45) is 0 Å². The summed E-state index contributed by atoms with van der Waals surface area (Å²) >= 11 is 0. The van der Waals surface area contributed by atoms with Crippen molar-refractivity contribution < 1.29 is 5.11 Å². The second-order valence-corrected chi connectivity index (χ2v) is 5.82. The smallest absolute Gasteiger partial charge is 0.0681 e. The van der Waals surface area contributed by atoms with Gasteiger partial charge < -0.3 is 5.11 Å². The summed E-state index contributed by atoms with van der Waals surface area (Å²) in [6, 6.07) is 9.13. The Labute approximate surface area is 115 Å². The fourth-order valence-corrected chi connectivity index (χ4v) is 3.03. The van der Waals surface area contributed by atoms with Crippen LogP contribution in [0.3, 0.4) is 0 Å². The van der Waals surface area contributed by atoms with Crippen molar-refractivity contribution in [1.82, 2.24) is 4.90 Å². The van der Waals surface area contributed by atoms with Crippen LogP contribution in [-0.4, -0.2) is 29.1 Å². The number of benzene rings is 1. The van der Waals surface area contributed by atoms with Crippen LogP contribution < -0.4 is 0 Å². The fraction of sp³-hybridized carbons (Fsp3) is 0.529. The van der Waals surface area contributed by atoms with Gasteiger partial charge in [0.15, 0.2) is 0 Å². The Morgan fingerprint density at radius 2 is 1.79 bits per heavy atom. The van der Waals surface area contributed by atoms with Gasteiger partial charge in [-0.25, -0.2) is 0 Å². The third-order valence-corrected chi connectivity index (χ3v) is 4.56. The summed E-state index contributed by atoms with van der Waals surface area (Å²) in [5, 5.41) is 9.04. The van der Waals surface area contributed by atoms with E-state index in [9.17, 15) is 0 Å². The molecule has 1 aliphatic heterocycles. The van der Waals surface area contributed by atoms with Gasteiger partial charge in [0.1, 0.15) is 0 Å². The first-order valence-electron chi connectivity index (χ1n) is 7.48. The van der Waals surface area contributed by atoms with Crippen LogP contribution >= 0.6 is 0 Å². The summed E-state index contributed by atoms with van der Waals surface area (Å²) in [6.07, 6.45) is 9.04. The maximum Gasteiger partial charge on any atom is 0.0681 e. The van der Waals surface area contributed by atoms with Gasteiger partial charge in [-0.1, -0.05) is 42.3 Å². The van der Waals surface area contributed by atoms with Crippen LogP contribution in [0.15, 0.2) is 29.8 Å². The summed E-state index contributed by atoms with van der Waals surface area (Å²) < 4.78 is 0. The van der Waals surface area contributed by atoms with Crippen LogP contribution in [0.4, 0.5) is 0 Å². The van der Waals surface area contributed by atoms with E-state index in [1.165, 1.54) is 50.8 Å². The molecule has 1 N–H and O–H groups in total. The van der Waals surface area contributed by atoms with Crippen molar-refractivity contribution in [2.75, 3.05) is 13.1 Å². The topological polar surface area (TPSA) is 23.5 Å². The van der Waals surface area contributed by atoms with E-state index >= 15 is 0 Å². The number of piperidine rings is 1. The van der Waals surface area contributed by atoms with E-state index in [-0.39, 0.29) is 6.61 Å². The van der Waals surface area contributed by atoms with E-state index in [0.29, 0.717) is 0 Å². The largest absolute Gasteiger partial charge is 0.392 e. The SMILES string of the molecule is OCc1ccc(C=C2CCN(C3CCC3)CC2)cc1. The molecule has 0 amide bonds. The van der Waals surface area contributed by atoms with Gasteiger partial charge in [0.05, 0.1) is 6.61 Å². The lowest BCUT2D eigenvalue weighted by Crippen LogP contribution is -2.43. The molecule has 102 valence electrons. The molecule has 0 unspecified atom stereocenters. The Bertz CT molecular complexity index is 435. The van der Waals surface area contributed by atoms with Gasteiger partial charge in [-0.2, -0.15) is 0 Å². The number of hydrogen-bond acceptors (Lipinski definition) is 2. The summed E-state index contributed by atoms with van der Waals surface area (Å²) in [4.78, 5) is 2.68. The molecule has 1 saturated heterocycles. The van der Waals surface area contributed by atoms with Gasteiger partial charge in [-0.3, -0.25) is 4.90 Å². The second kappa shape index (κ2) is 5.89. The summed E-state index contributed by atoms with van der Waals surface area (Å²) in [6.45, 7) is 2.61. The Balaban J connectivity index is 1.58. The average molecular weight is 257 g/mol. The van der Waals surface area contributed by atoms with Crippen molar-refractivity contribution in [3.05, 3.63) is 41.0 Å². The second-order valence-electron chi connectivity index (χ2n) is 5.82. The summed E-state index contributed by atoms with van der Waals surface area (Å²) in [5.41, 5.74) is 3.83. The van der Waals surface area contributed by atoms with Gasteiger partial charge in [0, 0.05) is 19.1 Å². The van der Waals surface area contributed by atoms with E-state index in [4.69, 9.17) is 5.11 Å². The highest BCUT2D eigenvalue weighted by Crippen LogP contribution is 2.29. The van der Waals surface area contributed by atoms with E-state index in [1.807, 2.05) is 12.1 Å². The molecule has 0 atom stereocenters. The first-order chi connectivity index (χ1) is 9.35. The fourth-order valence-electron chi connectivity index (χ4n) is 3.03. The Hall–Kier alpha value is -1.12. The van der Waals surface area contributed by atoms with Crippen LogP contribution in [0.25, 0.3) is 6.08 Å². The zero-order valence-corrected chi connectivity index (χ0v) is 11.5. The lowest BCUT2D eigenvalue weighted by molar-refractivity contribution is 0.118. The normalized spacial score (nSPS) is 21.2. The standard InChI is InChI=1S/C17H23NO/c19-13-16-6-4-14(5-7-16)12-15-8-10-18(11-9-15)17-2-1-3-17/h4-7,12,17,19H,1-3,8-11,13H2. The maximum absolute atomic E-state index is 9.04. The number of nitrogens with zero attached hydrogens (tertiary/aromatic N) is 1. The predicted molar refractivity (Wildman–Crippen MR) is 78.8 cm³/mol. The van der Waals surface area contributed by atoms with E-state index in [0.717, 1.165) is 11.6 Å². The molecule has 2 heteroatoms. The molecule has 1 aliphatic carbocycles. The molecule has 2 fully saturated rings.